The van der Waals surface area contributed by atoms with Crippen molar-refractivity contribution >= 4 is 44.2 Å². The second-order valence-corrected chi connectivity index (χ2v) is 5.82. The number of benzene rings is 1. The first kappa shape index (κ1) is 11.2. The number of hydrogen-bond donors (Lipinski definition) is 0. The molecule has 0 aliphatic rings. The lowest BCUT2D eigenvalue weighted by Gasteiger charge is -1.95. The van der Waals surface area contributed by atoms with Crippen LogP contribution in [0.4, 0.5) is 0 Å². The smallest absolute Gasteiger partial charge is 0.151 e. The van der Waals surface area contributed by atoms with E-state index in [1.807, 2.05) is 28.9 Å². The lowest BCUT2D eigenvalue weighted by molar-refractivity contribution is 1.18. The van der Waals surface area contributed by atoms with Crippen molar-refractivity contribution < 1.29 is 0 Å². The summed E-state index contributed by atoms with van der Waals surface area (Å²) in [6.45, 7) is 0. The molecule has 0 atom stereocenters. The lowest BCUT2D eigenvalue weighted by Crippen LogP contribution is -1.80. The van der Waals surface area contributed by atoms with Gasteiger partial charge in [-0.15, -0.1) is 0 Å². The van der Waals surface area contributed by atoms with Gasteiger partial charge in [-0.2, -0.15) is 0 Å². The van der Waals surface area contributed by atoms with E-state index in [0.717, 1.165) is 21.4 Å². The van der Waals surface area contributed by atoms with Crippen LogP contribution in [-0.2, 0) is 0 Å². The first-order valence-electron chi connectivity index (χ1n) is 5.13. The molecule has 0 saturated heterocycles. The molecule has 0 unspecified atom stereocenters. The van der Waals surface area contributed by atoms with Gasteiger partial charge in [-0.25, -0.2) is 4.98 Å². The fraction of sp³-hybridized carbons (Fsp3) is 0. The first-order chi connectivity index (χ1) is 8.24. The van der Waals surface area contributed by atoms with Gasteiger partial charge < -0.3 is 4.40 Å². The summed E-state index contributed by atoms with van der Waals surface area (Å²) in [6.07, 6.45) is 4.05. The van der Waals surface area contributed by atoms with Crippen LogP contribution in [-0.4, -0.2) is 9.38 Å². The van der Waals surface area contributed by atoms with Gasteiger partial charge in [-0.1, -0.05) is 12.1 Å². The van der Waals surface area contributed by atoms with Gasteiger partial charge in [0.15, 0.2) is 5.65 Å². The summed E-state index contributed by atoms with van der Waals surface area (Å²) in [5.41, 5.74) is 3.08. The van der Waals surface area contributed by atoms with Crippen molar-refractivity contribution in [2.75, 3.05) is 0 Å². The van der Waals surface area contributed by atoms with Crippen molar-refractivity contribution in [3.05, 3.63) is 56.8 Å². The Morgan fingerprint density at radius 3 is 2.59 bits per heavy atom. The van der Waals surface area contributed by atoms with Gasteiger partial charge in [0.05, 0.1) is 10.2 Å². The van der Waals surface area contributed by atoms with Gasteiger partial charge in [0.2, 0.25) is 0 Å². The highest BCUT2D eigenvalue weighted by Crippen LogP contribution is 2.23. The Morgan fingerprint density at radius 1 is 1.12 bits per heavy atom. The maximum Gasteiger partial charge on any atom is 0.151 e. The molecule has 0 bridgehead atoms. The van der Waals surface area contributed by atoms with Gasteiger partial charge in [-0.05, 0) is 62.8 Å². The molecule has 0 saturated carbocycles. The molecule has 84 valence electrons. The van der Waals surface area contributed by atoms with Crippen molar-refractivity contribution in [3.63, 3.8) is 0 Å². The average Bonchev–Trinajstić information content (AvgIpc) is 2.75. The molecule has 0 amide bonds. The average molecular weight is 399 g/mol. The zero-order chi connectivity index (χ0) is 11.8. The third-order valence-electron chi connectivity index (χ3n) is 2.58. The predicted octanol–water partition coefficient (Wildman–Crippen LogP) is 4.37. The minimum atomic E-state index is 0.945. The molecule has 0 spiro atoms. The number of hydrogen-bond acceptors (Lipinski definition) is 1. The second-order valence-electron chi connectivity index (χ2n) is 3.72. The molecular formula is C13H8BrIN2. The van der Waals surface area contributed by atoms with E-state index in [1.54, 1.807) is 0 Å². The molecule has 0 fully saturated rings. The van der Waals surface area contributed by atoms with E-state index in [9.17, 15) is 0 Å². The summed E-state index contributed by atoms with van der Waals surface area (Å²) in [4.78, 5) is 4.63. The van der Waals surface area contributed by atoms with Crippen LogP contribution in [0, 0.1) is 3.57 Å². The third kappa shape index (κ3) is 2.11. The molecule has 17 heavy (non-hydrogen) atoms. The van der Waals surface area contributed by atoms with Crippen LogP contribution in [0.1, 0.15) is 0 Å². The van der Waals surface area contributed by atoms with Crippen LogP contribution < -0.4 is 0 Å². The minimum Gasteiger partial charge on any atom is -0.306 e. The highest BCUT2D eigenvalue weighted by atomic mass is 127. The number of fused-ring (bicyclic) bond motifs is 1. The number of pyridine rings is 1. The Hall–Kier alpha value is -0.880. The van der Waals surface area contributed by atoms with E-state index in [1.165, 1.54) is 3.57 Å². The van der Waals surface area contributed by atoms with E-state index in [4.69, 9.17) is 0 Å². The standard InChI is InChI=1S/C13H8BrIN2/c14-11-2-1-7-17-8-12(16-13(11)17)9-3-5-10(15)6-4-9/h1-8H. The number of nitrogens with zero attached hydrogens (tertiary/aromatic N) is 2. The van der Waals surface area contributed by atoms with Gasteiger partial charge in [0.25, 0.3) is 0 Å². The van der Waals surface area contributed by atoms with Gasteiger partial charge in [0, 0.05) is 21.5 Å². The summed E-state index contributed by atoms with van der Waals surface area (Å²) in [5, 5.41) is 0. The van der Waals surface area contributed by atoms with Crippen molar-refractivity contribution in [2.45, 2.75) is 0 Å². The normalized spacial score (nSPS) is 10.9. The molecule has 0 N–H and O–H groups in total. The highest BCUT2D eigenvalue weighted by molar-refractivity contribution is 14.1. The maximum absolute atomic E-state index is 4.63. The maximum atomic E-state index is 4.63. The summed E-state index contributed by atoms with van der Waals surface area (Å²) in [7, 11) is 0. The third-order valence-corrected chi connectivity index (χ3v) is 3.91. The Labute approximate surface area is 121 Å². The SMILES string of the molecule is Brc1cccn2cc(-c3ccc(I)cc3)nc12. The van der Waals surface area contributed by atoms with E-state index in [0.29, 0.717) is 0 Å². The Balaban J connectivity index is 2.18. The highest BCUT2D eigenvalue weighted by Gasteiger charge is 2.06. The molecular weight excluding hydrogens is 391 g/mol. The van der Waals surface area contributed by atoms with Crippen molar-refractivity contribution in [1.82, 2.24) is 9.38 Å². The van der Waals surface area contributed by atoms with Crippen LogP contribution in [0.5, 0.6) is 0 Å². The van der Waals surface area contributed by atoms with Gasteiger partial charge in [-0.3, -0.25) is 0 Å². The van der Waals surface area contributed by atoms with Crippen LogP contribution >= 0.6 is 38.5 Å². The fourth-order valence-corrected chi connectivity index (χ4v) is 2.54. The van der Waals surface area contributed by atoms with Crippen LogP contribution in [0.25, 0.3) is 16.9 Å². The van der Waals surface area contributed by atoms with E-state index in [2.05, 4.69) is 67.8 Å². The largest absolute Gasteiger partial charge is 0.306 e. The summed E-state index contributed by atoms with van der Waals surface area (Å²) in [5.74, 6) is 0. The molecule has 0 radical (unpaired) electrons. The molecule has 0 aliphatic heterocycles. The predicted molar refractivity (Wildman–Crippen MR) is 81.0 cm³/mol. The minimum absolute atomic E-state index is 0.945. The summed E-state index contributed by atoms with van der Waals surface area (Å²) >= 11 is 5.81. The molecule has 3 rings (SSSR count). The van der Waals surface area contributed by atoms with Crippen molar-refractivity contribution in [2.24, 2.45) is 0 Å². The quantitative estimate of drug-likeness (QED) is 0.556. The number of aromatic nitrogens is 2. The monoisotopic (exact) mass is 398 g/mol. The van der Waals surface area contributed by atoms with Crippen LogP contribution in [0.3, 0.4) is 0 Å². The molecule has 4 heteroatoms. The molecule has 2 nitrogen and oxygen atoms in total. The molecule has 0 aliphatic carbocycles. The Kier molecular flexibility index (Phi) is 2.92. The Morgan fingerprint density at radius 2 is 1.88 bits per heavy atom. The molecule has 1 aromatic carbocycles. The first-order valence-corrected chi connectivity index (χ1v) is 7.00. The topological polar surface area (TPSA) is 17.3 Å². The molecule has 2 heterocycles. The number of rotatable bonds is 1. The summed E-state index contributed by atoms with van der Waals surface area (Å²) < 4.78 is 4.27. The Bertz CT molecular complexity index is 673. The van der Waals surface area contributed by atoms with Gasteiger partial charge >= 0.3 is 0 Å². The second kappa shape index (κ2) is 4.42. The van der Waals surface area contributed by atoms with E-state index in [-0.39, 0.29) is 0 Å². The summed E-state index contributed by atoms with van der Waals surface area (Å²) in [6, 6.07) is 12.4. The zero-order valence-electron chi connectivity index (χ0n) is 8.77. The van der Waals surface area contributed by atoms with Crippen LogP contribution in [0.15, 0.2) is 53.3 Å². The van der Waals surface area contributed by atoms with E-state index >= 15 is 0 Å². The van der Waals surface area contributed by atoms with E-state index < -0.39 is 0 Å². The molecule has 3 aromatic rings. The fourth-order valence-electron chi connectivity index (χ4n) is 1.74. The number of imidazole rings is 1. The van der Waals surface area contributed by atoms with Crippen LogP contribution in [0.2, 0.25) is 0 Å². The zero-order valence-corrected chi connectivity index (χ0v) is 12.5. The van der Waals surface area contributed by atoms with Crippen molar-refractivity contribution in [1.29, 1.82) is 0 Å². The van der Waals surface area contributed by atoms with Crippen molar-refractivity contribution in [3.8, 4) is 11.3 Å². The lowest BCUT2D eigenvalue weighted by atomic mass is 10.2. The molecule has 2 aromatic heterocycles. The number of halogens is 2. The van der Waals surface area contributed by atoms with Gasteiger partial charge in [0.1, 0.15) is 0 Å².